The summed E-state index contributed by atoms with van der Waals surface area (Å²) in [5, 5.41) is 28.5. The highest BCUT2D eigenvalue weighted by atomic mass is 16.5. The van der Waals surface area contributed by atoms with Crippen molar-refractivity contribution < 1.29 is 34.1 Å². The Labute approximate surface area is 125 Å². The van der Waals surface area contributed by atoms with Crippen molar-refractivity contribution in [3.63, 3.8) is 0 Å². The predicted molar refractivity (Wildman–Crippen MR) is 74.1 cm³/mol. The Morgan fingerprint density at radius 3 is 2.36 bits per heavy atom. The lowest BCUT2D eigenvalue weighted by Crippen LogP contribution is -2.05. The number of rotatable bonds is 5. The minimum Gasteiger partial charge on any atom is -0.508 e. The van der Waals surface area contributed by atoms with Crippen molar-refractivity contribution in [1.82, 2.24) is 0 Å². The summed E-state index contributed by atoms with van der Waals surface area (Å²) in [6.07, 6.45) is -0.273. The van der Waals surface area contributed by atoms with E-state index in [0.717, 1.165) is 12.1 Å². The molecule has 1 aromatic heterocycles. The minimum absolute atomic E-state index is 0.0381. The summed E-state index contributed by atoms with van der Waals surface area (Å²) in [6, 6.07) is 4.69. The van der Waals surface area contributed by atoms with Crippen LogP contribution in [0.4, 0.5) is 0 Å². The number of carbonyl (C=O) groups is 2. The summed E-state index contributed by atoms with van der Waals surface area (Å²) < 4.78 is 9.94. The molecular formula is C15H14O7. The average molecular weight is 306 g/mol. The van der Waals surface area contributed by atoms with Crippen LogP contribution in [0.3, 0.4) is 0 Å². The first-order valence-corrected chi connectivity index (χ1v) is 6.46. The van der Waals surface area contributed by atoms with Crippen molar-refractivity contribution in [2.75, 3.05) is 6.61 Å². The van der Waals surface area contributed by atoms with Crippen LogP contribution in [0.2, 0.25) is 0 Å². The predicted octanol–water partition coefficient (Wildman–Crippen LogP) is 2.00. The van der Waals surface area contributed by atoms with Gasteiger partial charge in [0.05, 0.1) is 13.0 Å². The molecule has 0 aliphatic rings. The van der Waals surface area contributed by atoms with E-state index in [-0.39, 0.29) is 35.9 Å². The Morgan fingerprint density at radius 1 is 1.14 bits per heavy atom. The van der Waals surface area contributed by atoms with E-state index >= 15 is 0 Å². The van der Waals surface area contributed by atoms with Gasteiger partial charge in [-0.25, -0.2) is 4.79 Å². The first-order chi connectivity index (χ1) is 10.4. The van der Waals surface area contributed by atoms with Crippen molar-refractivity contribution in [3.8, 4) is 17.2 Å². The third-order valence-electron chi connectivity index (χ3n) is 2.83. The van der Waals surface area contributed by atoms with E-state index in [4.69, 9.17) is 9.15 Å². The zero-order valence-electron chi connectivity index (χ0n) is 11.7. The van der Waals surface area contributed by atoms with Crippen LogP contribution in [0.25, 0.3) is 0 Å². The molecule has 2 aromatic rings. The molecule has 0 unspecified atom stereocenters. The zero-order chi connectivity index (χ0) is 16.3. The lowest BCUT2D eigenvalue weighted by atomic mass is 10.0. The van der Waals surface area contributed by atoms with Gasteiger partial charge in [-0.05, 0) is 19.1 Å². The van der Waals surface area contributed by atoms with Crippen molar-refractivity contribution in [2.45, 2.75) is 13.3 Å². The number of ketones is 1. The number of Topliss-reactive ketones (excluding diaryl/α,β-unsaturated/α-hetero) is 1. The molecule has 0 fully saturated rings. The molecule has 0 aliphatic carbocycles. The molecule has 0 saturated heterocycles. The van der Waals surface area contributed by atoms with Gasteiger partial charge in [0, 0.05) is 12.1 Å². The maximum absolute atomic E-state index is 12.1. The van der Waals surface area contributed by atoms with E-state index in [9.17, 15) is 24.9 Å². The van der Waals surface area contributed by atoms with Crippen LogP contribution < -0.4 is 0 Å². The highest BCUT2D eigenvalue weighted by molar-refractivity contribution is 6.02. The largest absolute Gasteiger partial charge is 0.508 e. The Morgan fingerprint density at radius 2 is 1.77 bits per heavy atom. The fourth-order valence-electron chi connectivity index (χ4n) is 1.91. The molecule has 0 atom stereocenters. The van der Waals surface area contributed by atoms with Crippen LogP contribution in [0.5, 0.6) is 17.2 Å². The van der Waals surface area contributed by atoms with Crippen LogP contribution in [0.15, 0.2) is 28.7 Å². The highest BCUT2D eigenvalue weighted by Crippen LogP contribution is 2.32. The monoisotopic (exact) mass is 306 g/mol. The molecule has 116 valence electrons. The van der Waals surface area contributed by atoms with E-state index in [1.807, 2.05) is 0 Å². The SMILES string of the molecule is CCOC(=O)c1ccc(CC(=O)c2c(O)cc(O)cc2O)o1. The highest BCUT2D eigenvalue weighted by Gasteiger charge is 2.20. The van der Waals surface area contributed by atoms with Gasteiger partial charge in [-0.3, -0.25) is 4.79 Å². The standard InChI is InChI=1S/C15H14O7/c1-2-21-15(20)13-4-3-9(22-13)7-12(19)14-10(17)5-8(16)6-11(14)18/h3-6,16-18H,2,7H2,1H3. The Balaban J connectivity index is 2.18. The van der Waals surface area contributed by atoms with E-state index in [2.05, 4.69) is 0 Å². The number of aromatic hydroxyl groups is 3. The first-order valence-electron chi connectivity index (χ1n) is 6.46. The summed E-state index contributed by atoms with van der Waals surface area (Å²) in [5.41, 5.74) is -0.327. The second-order valence-electron chi connectivity index (χ2n) is 4.45. The van der Waals surface area contributed by atoms with Gasteiger partial charge in [0.25, 0.3) is 0 Å². The van der Waals surface area contributed by atoms with Crippen molar-refractivity contribution in [3.05, 3.63) is 41.3 Å². The maximum Gasteiger partial charge on any atom is 0.374 e. The molecule has 0 aliphatic heterocycles. The molecule has 7 heteroatoms. The third kappa shape index (κ3) is 3.20. The van der Waals surface area contributed by atoms with E-state index in [0.29, 0.717) is 0 Å². The fourth-order valence-corrected chi connectivity index (χ4v) is 1.91. The number of furan rings is 1. The van der Waals surface area contributed by atoms with Crippen molar-refractivity contribution in [2.24, 2.45) is 0 Å². The summed E-state index contributed by atoms with van der Waals surface area (Å²) in [6.45, 7) is 1.85. The lowest BCUT2D eigenvalue weighted by molar-refractivity contribution is 0.0487. The summed E-state index contributed by atoms with van der Waals surface area (Å²) in [5.74, 6) is -2.58. The molecule has 22 heavy (non-hydrogen) atoms. The summed E-state index contributed by atoms with van der Waals surface area (Å²) >= 11 is 0. The smallest absolute Gasteiger partial charge is 0.374 e. The molecular weight excluding hydrogens is 292 g/mol. The van der Waals surface area contributed by atoms with Crippen LogP contribution in [-0.4, -0.2) is 33.7 Å². The number of hydrogen-bond acceptors (Lipinski definition) is 7. The van der Waals surface area contributed by atoms with Gasteiger partial charge in [-0.15, -0.1) is 0 Å². The fraction of sp³-hybridized carbons (Fsp3) is 0.200. The van der Waals surface area contributed by atoms with Gasteiger partial charge in [-0.1, -0.05) is 0 Å². The Hall–Kier alpha value is -2.96. The van der Waals surface area contributed by atoms with Crippen LogP contribution in [0, 0.1) is 0 Å². The van der Waals surface area contributed by atoms with Crippen LogP contribution >= 0.6 is 0 Å². The molecule has 0 radical (unpaired) electrons. The molecule has 0 amide bonds. The van der Waals surface area contributed by atoms with Crippen LogP contribution in [-0.2, 0) is 11.2 Å². The molecule has 2 rings (SSSR count). The Kier molecular flexibility index (Phi) is 4.36. The van der Waals surface area contributed by atoms with Crippen LogP contribution in [0.1, 0.15) is 33.6 Å². The quantitative estimate of drug-likeness (QED) is 0.571. The van der Waals surface area contributed by atoms with Gasteiger partial charge in [-0.2, -0.15) is 0 Å². The van der Waals surface area contributed by atoms with E-state index in [1.165, 1.54) is 12.1 Å². The Bertz CT molecular complexity index is 691. The molecule has 0 saturated carbocycles. The number of phenolic OH excluding ortho intramolecular Hbond substituents is 3. The average Bonchev–Trinajstić information content (AvgIpc) is 2.86. The molecule has 0 bridgehead atoms. The lowest BCUT2D eigenvalue weighted by Gasteiger charge is -2.06. The number of hydrogen-bond donors (Lipinski definition) is 3. The molecule has 7 nitrogen and oxygen atoms in total. The third-order valence-corrected chi connectivity index (χ3v) is 2.83. The van der Waals surface area contributed by atoms with E-state index < -0.39 is 23.3 Å². The number of phenols is 3. The molecule has 1 aromatic carbocycles. The zero-order valence-corrected chi connectivity index (χ0v) is 11.7. The van der Waals surface area contributed by atoms with E-state index in [1.54, 1.807) is 6.92 Å². The summed E-state index contributed by atoms with van der Waals surface area (Å²) in [7, 11) is 0. The first kappa shape index (κ1) is 15.4. The number of esters is 1. The van der Waals surface area contributed by atoms with Crippen molar-refractivity contribution in [1.29, 1.82) is 0 Å². The molecule has 1 heterocycles. The second kappa shape index (κ2) is 6.21. The topological polar surface area (TPSA) is 117 Å². The van der Waals surface area contributed by atoms with Gasteiger partial charge in [0.1, 0.15) is 28.6 Å². The molecule has 0 spiro atoms. The normalized spacial score (nSPS) is 10.4. The number of benzene rings is 1. The van der Waals surface area contributed by atoms with Gasteiger partial charge >= 0.3 is 5.97 Å². The number of carbonyl (C=O) groups excluding carboxylic acids is 2. The van der Waals surface area contributed by atoms with Gasteiger partial charge in [0.15, 0.2) is 5.78 Å². The number of ether oxygens (including phenoxy) is 1. The summed E-state index contributed by atoms with van der Waals surface area (Å²) in [4.78, 5) is 23.5. The molecule has 3 N–H and O–H groups in total. The van der Waals surface area contributed by atoms with Gasteiger partial charge < -0.3 is 24.5 Å². The van der Waals surface area contributed by atoms with Crippen molar-refractivity contribution >= 4 is 11.8 Å². The second-order valence-corrected chi connectivity index (χ2v) is 4.45. The minimum atomic E-state index is -0.642. The van der Waals surface area contributed by atoms with Gasteiger partial charge in [0.2, 0.25) is 5.76 Å². The maximum atomic E-state index is 12.1.